The van der Waals surface area contributed by atoms with Gasteiger partial charge in [-0.3, -0.25) is 0 Å². The van der Waals surface area contributed by atoms with Crippen LogP contribution in [0.15, 0.2) is 41.6 Å². The third kappa shape index (κ3) is 4.10. The Bertz CT molecular complexity index is 884. The van der Waals surface area contributed by atoms with Gasteiger partial charge >= 0.3 is 0 Å². The van der Waals surface area contributed by atoms with Crippen LogP contribution in [0.1, 0.15) is 36.6 Å². The largest absolute Gasteiger partial charge is 0.497 e. The molecule has 1 aliphatic rings. The van der Waals surface area contributed by atoms with Gasteiger partial charge in [0, 0.05) is 6.42 Å². The smallest absolute Gasteiger partial charge is 0.128 e. The Morgan fingerprint density at radius 1 is 0.862 bits per heavy atom. The van der Waals surface area contributed by atoms with Crippen molar-refractivity contribution in [3.63, 3.8) is 0 Å². The standard InChI is InChI=1S/C22H28N2O5/c1-13-18(24-25)12-19(16-10-14(26-2)6-8-20(16)28-4)23-22(13)17-11-15(27-3)7-9-21(17)29-5/h6-11,13,19,22-23,25H,12H2,1-5H3/p+1/b24-18+/t13-,19-,22-/m0/s1. The Labute approximate surface area is 171 Å². The number of rotatable bonds is 6. The summed E-state index contributed by atoms with van der Waals surface area (Å²) >= 11 is 0. The number of ether oxygens (including phenoxy) is 4. The molecule has 1 heterocycles. The molecule has 156 valence electrons. The lowest BCUT2D eigenvalue weighted by molar-refractivity contribution is -0.741. The zero-order valence-electron chi connectivity index (χ0n) is 17.5. The molecule has 0 amide bonds. The van der Waals surface area contributed by atoms with Crippen molar-refractivity contribution in [3.8, 4) is 23.0 Å². The van der Waals surface area contributed by atoms with E-state index in [9.17, 15) is 5.21 Å². The molecule has 3 N–H and O–H groups in total. The predicted molar refractivity (Wildman–Crippen MR) is 110 cm³/mol. The molecule has 1 saturated heterocycles. The van der Waals surface area contributed by atoms with Gasteiger partial charge in [0.05, 0.1) is 51.2 Å². The number of piperidine rings is 1. The van der Waals surface area contributed by atoms with Crippen LogP contribution in [-0.2, 0) is 0 Å². The van der Waals surface area contributed by atoms with Gasteiger partial charge in [-0.1, -0.05) is 12.1 Å². The molecule has 0 unspecified atom stereocenters. The number of hydrogen-bond donors (Lipinski definition) is 2. The normalized spacial score (nSPS) is 22.9. The van der Waals surface area contributed by atoms with Crippen LogP contribution in [0, 0.1) is 5.92 Å². The van der Waals surface area contributed by atoms with E-state index in [0.717, 1.165) is 39.8 Å². The van der Waals surface area contributed by atoms with E-state index in [1.165, 1.54) is 0 Å². The quantitative estimate of drug-likeness (QED) is 0.574. The molecule has 29 heavy (non-hydrogen) atoms. The highest BCUT2D eigenvalue weighted by molar-refractivity contribution is 5.87. The highest BCUT2D eigenvalue weighted by Gasteiger charge is 2.40. The van der Waals surface area contributed by atoms with Gasteiger partial charge in [0.2, 0.25) is 0 Å². The summed E-state index contributed by atoms with van der Waals surface area (Å²) in [6.45, 7) is 2.06. The molecule has 0 aromatic heterocycles. The zero-order chi connectivity index (χ0) is 21.0. The molecule has 1 aliphatic heterocycles. The van der Waals surface area contributed by atoms with E-state index in [-0.39, 0.29) is 18.0 Å². The minimum Gasteiger partial charge on any atom is -0.497 e. The van der Waals surface area contributed by atoms with Crippen molar-refractivity contribution >= 4 is 5.71 Å². The summed E-state index contributed by atoms with van der Waals surface area (Å²) in [5, 5.41) is 15.6. The van der Waals surface area contributed by atoms with Crippen molar-refractivity contribution in [1.82, 2.24) is 0 Å². The third-order valence-electron chi connectivity index (χ3n) is 5.69. The minimum atomic E-state index is -0.0272. The number of methoxy groups -OCH3 is 4. The summed E-state index contributed by atoms with van der Waals surface area (Å²) in [6, 6.07) is 11.5. The molecular formula is C22H29N2O5+. The second kappa shape index (κ2) is 9.05. The summed E-state index contributed by atoms with van der Waals surface area (Å²) in [5.41, 5.74) is 2.72. The van der Waals surface area contributed by atoms with E-state index in [0.29, 0.717) is 6.42 Å². The SMILES string of the molecule is COc1ccc(OC)c([C@@H]2C/C(=N\O)[C@H](C)[C@@H](c3cc(OC)ccc3OC)[NH2+]2)c1. The van der Waals surface area contributed by atoms with E-state index in [2.05, 4.69) is 17.4 Å². The van der Waals surface area contributed by atoms with Crippen molar-refractivity contribution in [3.05, 3.63) is 47.5 Å². The second-order valence-corrected chi connectivity index (χ2v) is 7.12. The number of hydrogen-bond acceptors (Lipinski definition) is 6. The van der Waals surface area contributed by atoms with Crippen molar-refractivity contribution in [2.75, 3.05) is 28.4 Å². The van der Waals surface area contributed by atoms with E-state index in [1.54, 1.807) is 28.4 Å². The van der Waals surface area contributed by atoms with Crippen molar-refractivity contribution in [2.24, 2.45) is 11.1 Å². The van der Waals surface area contributed by atoms with Gasteiger partial charge in [-0.2, -0.15) is 0 Å². The molecule has 1 fully saturated rings. The lowest BCUT2D eigenvalue weighted by atomic mass is 9.81. The second-order valence-electron chi connectivity index (χ2n) is 7.12. The molecule has 3 atom stereocenters. The molecule has 7 heteroatoms. The van der Waals surface area contributed by atoms with Gasteiger partial charge in [0.1, 0.15) is 35.1 Å². The van der Waals surface area contributed by atoms with Crippen molar-refractivity contribution in [1.29, 1.82) is 0 Å². The lowest BCUT2D eigenvalue weighted by Gasteiger charge is -2.34. The molecule has 3 rings (SSSR count). The monoisotopic (exact) mass is 401 g/mol. The van der Waals surface area contributed by atoms with Crippen LogP contribution in [0.2, 0.25) is 0 Å². The zero-order valence-corrected chi connectivity index (χ0v) is 17.5. The molecule has 0 spiro atoms. The van der Waals surface area contributed by atoms with Crippen LogP contribution in [-0.4, -0.2) is 39.4 Å². The number of nitrogens with two attached hydrogens (primary N) is 1. The fourth-order valence-corrected chi connectivity index (χ4v) is 4.05. The van der Waals surface area contributed by atoms with E-state index < -0.39 is 0 Å². The molecule has 2 aromatic rings. The fourth-order valence-electron chi connectivity index (χ4n) is 4.05. The topological polar surface area (TPSA) is 86.1 Å². The highest BCUT2D eigenvalue weighted by atomic mass is 16.5. The predicted octanol–water partition coefficient (Wildman–Crippen LogP) is 2.94. The summed E-state index contributed by atoms with van der Waals surface area (Å²) in [4.78, 5) is 0. The van der Waals surface area contributed by atoms with Gasteiger partial charge in [0.15, 0.2) is 0 Å². The van der Waals surface area contributed by atoms with Crippen molar-refractivity contribution < 1.29 is 29.5 Å². The van der Waals surface area contributed by atoms with Gasteiger partial charge in [0.25, 0.3) is 0 Å². The van der Waals surface area contributed by atoms with Gasteiger partial charge in [-0.25, -0.2) is 0 Å². The van der Waals surface area contributed by atoms with Gasteiger partial charge in [-0.05, 0) is 36.4 Å². The average Bonchev–Trinajstić information content (AvgIpc) is 2.78. The molecule has 7 nitrogen and oxygen atoms in total. The summed E-state index contributed by atoms with van der Waals surface area (Å²) in [5.74, 6) is 3.06. The Balaban J connectivity index is 2.07. The molecule has 2 aromatic carbocycles. The number of oxime groups is 1. The van der Waals surface area contributed by atoms with E-state index >= 15 is 0 Å². The van der Waals surface area contributed by atoms with Crippen LogP contribution >= 0.6 is 0 Å². The third-order valence-corrected chi connectivity index (χ3v) is 5.69. The van der Waals surface area contributed by atoms with Crippen molar-refractivity contribution in [2.45, 2.75) is 25.4 Å². The van der Waals surface area contributed by atoms with Crippen LogP contribution in [0.5, 0.6) is 23.0 Å². The Morgan fingerprint density at radius 3 is 1.93 bits per heavy atom. The maximum atomic E-state index is 9.71. The molecule has 0 aliphatic carbocycles. The summed E-state index contributed by atoms with van der Waals surface area (Å²) in [6.07, 6.45) is 0.601. The first-order valence-corrected chi connectivity index (χ1v) is 9.55. The van der Waals surface area contributed by atoms with Crippen LogP contribution in [0.25, 0.3) is 0 Å². The summed E-state index contributed by atoms with van der Waals surface area (Å²) in [7, 11) is 6.59. The molecule has 0 radical (unpaired) electrons. The van der Waals surface area contributed by atoms with E-state index in [1.807, 2.05) is 36.4 Å². The lowest BCUT2D eigenvalue weighted by Crippen LogP contribution is -2.90. The maximum Gasteiger partial charge on any atom is 0.128 e. The molecular weight excluding hydrogens is 372 g/mol. The Kier molecular flexibility index (Phi) is 6.49. The van der Waals surface area contributed by atoms with E-state index in [4.69, 9.17) is 18.9 Å². The molecule has 0 bridgehead atoms. The number of quaternary nitrogens is 1. The Hall–Kier alpha value is -2.93. The van der Waals surface area contributed by atoms with Gasteiger partial charge in [-0.15, -0.1) is 0 Å². The Morgan fingerprint density at radius 2 is 1.41 bits per heavy atom. The average molecular weight is 401 g/mol. The highest BCUT2D eigenvalue weighted by Crippen LogP contribution is 2.38. The van der Waals surface area contributed by atoms with Gasteiger partial charge < -0.3 is 29.5 Å². The first-order valence-electron chi connectivity index (χ1n) is 9.55. The van der Waals surface area contributed by atoms with Crippen LogP contribution < -0.4 is 24.3 Å². The molecule has 0 saturated carbocycles. The van der Waals surface area contributed by atoms with Crippen LogP contribution in [0.4, 0.5) is 0 Å². The number of nitrogens with zero attached hydrogens (tertiary/aromatic N) is 1. The minimum absolute atomic E-state index is 0.00820. The maximum absolute atomic E-state index is 9.71. The summed E-state index contributed by atoms with van der Waals surface area (Å²) < 4.78 is 22.0. The first-order chi connectivity index (χ1) is 14.1. The number of benzene rings is 2. The van der Waals surface area contributed by atoms with Crippen LogP contribution in [0.3, 0.4) is 0 Å². The first kappa shape index (κ1) is 20.8. The fraction of sp³-hybridized carbons (Fsp3) is 0.409.